The maximum absolute atomic E-state index is 9.35. The summed E-state index contributed by atoms with van der Waals surface area (Å²) in [6, 6.07) is 9.69. The Morgan fingerprint density at radius 3 is 2.00 bits per heavy atom. The molecule has 84 valence electrons. The minimum atomic E-state index is -1.29. The van der Waals surface area contributed by atoms with Crippen molar-refractivity contribution in [3.05, 3.63) is 35.9 Å². The molecule has 0 saturated heterocycles. The van der Waals surface area contributed by atoms with Crippen molar-refractivity contribution in [2.45, 2.75) is 18.8 Å². The van der Waals surface area contributed by atoms with Gasteiger partial charge in [-0.2, -0.15) is 0 Å². The number of hydrogen-bond acceptors (Lipinski definition) is 2. The van der Waals surface area contributed by atoms with E-state index in [2.05, 4.69) is 0 Å². The molecule has 2 N–H and O–H groups in total. The number of hydrogen-bond donors (Lipinski definition) is 2. The molecule has 0 radical (unpaired) electrons. The van der Waals surface area contributed by atoms with Gasteiger partial charge < -0.3 is 14.7 Å². The van der Waals surface area contributed by atoms with Crippen molar-refractivity contribution in [1.82, 2.24) is 0 Å². The largest absolute Gasteiger partial charge is 0.363 e. The van der Waals surface area contributed by atoms with Crippen molar-refractivity contribution < 1.29 is 14.7 Å². The second-order valence-corrected chi connectivity index (χ2v) is 4.79. The van der Waals surface area contributed by atoms with Gasteiger partial charge in [0.1, 0.15) is 6.04 Å². The number of benzene rings is 1. The summed E-state index contributed by atoms with van der Waals surface area (Å²) in [5.41, 5.74) is 1.13. The van der Waals surface area contributed by atoms with Crippen molar-refractivity contribution in [2.24, 2.45) is 0 Å². The molecular formula is C12H20NO2+. The molecule has 0 bridgehead atoms. The van der Waals surface area contributed by atoms with Crippen molar-refractivity contribution in [2.75, 3.05) is 21.1 Å². The van der Waals surface area contributed by atoms with Crippen molar-refractivity contribution in [1.29, 1.82) is 0 Å². The zero-order valence-electron chi connectivity index (χ0n) is 9.59. The van der Waals surface area contributed by atoms with Gasteiger partial charge in [0.2, 0.25) is 6.29 Å². The Morgan fingerprint density at radius 2 is 1.60 bits per heavy atom. The van der Waals surface area contributed by atoms with E-state index < -0.39 is 6.29 Å². The lowest BCUT2D eigenvalue weighted by Gasteiger charge is -2.35. The van der Waals surface area contributed by atoms with Gasteiger partial charge in [-0.3, -0.25) is 0 Å². The van der Waals surface area contributed by atoms with Gasteiger partial charge in [-0.05, 0) is 5.56 Å². The van der Waals surface area contributed by atoms with E-state index in [-0.39, 0.29) is 6.04 Å². The minimum Gasteiger partial charge on any atom is -0.363 e. The molecule has 0 aliphatic heterocycles. The Bertz CT molecular complexity index is 290. The average Bonchev–Trinajstić information content (AvgIpc) is 2.13. The minimum absolute atomic E-state index is 0.201. The van der Waals surface area contributed by atoms with E-state index in [1.807, 2.05) is 51.5 Å². The Balaban J connectivity index is 2.77. The Morgan fingerprint density at radius 1 is 1.07 bits per heavy atom. The summed E-state index contributed by atoms with van der Waals surface area (Å²) < 4.78 is 0.534. The molecule has 1 aromatic rings. The second-order valence-electron chi connectivity index (χ2n) is 4.79. The van der Waals surface area contributed by atoms with E-state index in [1.54, 1.807) is 0 Å². The molecule has 0 aliphatic rings. The fourth-order valence-corrected chi connectivity index (χ4v) is 1.63. The first-order chi connectivity index (χ1) is 6.91. The van der Waals surface area contributed by atoms with E-state index in [9.17, 15) is 10.2 Å². The van der Waals surface area contributed by atoms with Crippen LogP contribution in [0.25, 0.3) is 0 Å². The zero-order chi connectivity index (χ0) is 11.5. The predicted molar refractivity (Wildman–Crippen MR) is 60.2 cm³/mol. The quantitative estimate of drug-likeness (QED) is 0.565. The third-order valence-corrected chi connectivity index (χ3v) is 2.63. The summed E-state index contributed by atoms with van der Waals surface area (Å²) in [6.45, 7) is 0. The Labute approximate surface area is 91.2 Å². The summed E-state index contributed by atoms with van der Waals surface area (Å²) >= 11 is 0. The van der Waals surface area contributed by atoms with Crippen LogP contribution in [0, 0.1) is 0 Å². The van der Waals surface area contributed by atoms with Gasteiger partial charge in [-0.25, -0.2) is 0 Å². The van der Waals surface area contributed by atoms with Crippen molar-refractivity contribution in [3.8, 4) is 0 Å². The zero-order valence-corrected chi connectivity index (χ0v) is 9.59. The number of likely N-dealkylation sites (N-methyl/N-ethyl adjacent to an activating group) is 1. The lowest BCUT2D eigenvalue weighted by atomic mass is 10.0. The van der Waals surface area contributed by atoms with Crippen LogP contribution in [0.15, 0.2) is 30.3 Å². The highest BCUT2D eigenvalue weighted by Crippen LogP contribution is 2.13. The third kappa shape index (κ3) is 3.63. The molecule has 0 saturated carbocycles. The predicted octanol–water partition coefficient (Wildman–Crippen LogP) is 0.615. The van der Waals surface area contributed by atoms with E-state index in [4.69, 9.17) is 0 Å². The van der Waals surface area contributed by atoms with Crippen LogP contribution < -0.4 is 0 Å². The highest BCUT2D eigenvalue weighted by molar-refractivity contribution is 5.15. The topological polar surface area (TPSA) is 40.5 Å². The molecular weight excluding hydrogens is 190 g/mol. The molecule has 1 unspecified atom stereocenters. The van der Waals surface area contributed by atoms with Crippen LogP contribution in [0.3, 0.4) is 0 Å². The maximum atomic E-state index is 9.35. The van der Waals surface area contributed by atoms with Gasteiger partial charge in [-0.15, -0.1) is 0 Å². The van der Waals surface area contributed by atoms with Gasteiger partial charge in [0, 0.05) is 6.42 Å². The van der Waals surface area contributed by atoms with E-state index in [0.29, 0.717) is 10.9 Å². The number of quaternary nitrogens is 1. The maximum Gasteiger partial charge on any atom is 0.205 e. The molecule has 1 aromatic carbocycles. The third-order valence-electron chi connectivity index (χ3n) is 2.63. The van der Waals surface area contributed by atoms with Crippen molar-refractivity contribution in [3.63, 3.8) is 0 Å². The molecule has 0 amide bonds. The van der Waals surface area contributed by atoms with E-state index >= 15 is 0 Å². The van der Waals surface area contributed by atoms with Crippen LogP contribution in [0.4, 0.5) is 0 Å². The average molecular weight is 210 g/mol. The molecule has 15 heavy (non-hydrogen) atoms. The van der Waals surface area contributed by atoms with Crippen LogP contribution in [-0.2, 0) is 6.42 Å². The summed E-state index contributed by atoms with van der Waals surface area (Å²) in [5.74, 6) is 0. The molecule has 1 atom stereocenters. The fraction of sp³-hybridized carbons (Fsp3) is 0.500. The lowest BCUT2D eigenvalue weighted by Crippen LogP contribution is -2.52. The normalized spacial score (nSPS) is 14.3. The molecule has 3 heteroatoms. The van der Waals surface area contributed by atoms with Crippen LogP contribution >= 0.6 is 0 Å². The van der Waals surface area contributed by atoms with Gasteiger partial charge in [0.15, 0.2) is 0 Å². The van der Waals surface area contributed by atoms with Crippen LogP contribution in [-0.4, -0.2) is 48.2 Å². The van der Waals surface area contributed by atoms with Crippen LogP contribution in [0.5, 0.6) is 0 Å². The molecule has 0 fully saturated rings. The second kappa shape index (κ2) is 4.75. The number of nitrogens with zero attached hydrogens (tertiary/aromatic N) is 1. The highest BCUT2D eigenvalue weighted by atomic mass is 16.5. The molecule has 1 rings (SSSR count). The highest BCUT2D eigenvalue weighted by Gasteiger charge is 2.30. The smallest absolute Gasteiger partial charge is 0.205 e. The summed E-state index contributed by atoms with van der Waals surface area (Å²) in [5, 5.41) is 18.7. The van der Waals surface area contributed by atoms with Gasteiger partial charge in [0.25, 0.3) is 0 Å². The van der Waals surface area contributed by atoms with Crippen molar-refractivity contribution >= 4 is 0 Å². The summed E-state index contributed by atoms with van der Waals surface area (Å²) in [7, 11) is 5.90. The summed E-state index contributed by atoms with van der Waals surface area (Å²) in [6.07, 6.45) is -0.618. The first-order valence-electron chi connectivity index (χ1n) is 5.12. The van der Waals surface area contributed by atoms with E-state index in [1.165, 1.54) is 0 Å². The van der Waals surface area contributed by atoms with Gasteiger partial charge in [-0.1, -0.05) is 30.3 Å². The molecule has 0 heterocycles. The molecule has 0 aliphatic carbocycles. The van der Waals surface area contributed by atoms with Crippen LogP contribution in [0.1, 0.15) is 5.56 Å². The molecule has 0 spiro atoms. The number of aliphatic hydroxyl groups excluding tert-OH is 1. The first-order valence-corrected chi connectivity index (χ1v) is 5.12. The monoisotopic (exact) mass is 210 g/mol. The molecule has 0 aromatic heterocycles. The number of rotatable bonds is 4. The number of aliphatic hydroxyl groups is 2. The van der Waals surface area contributed by atoms with Gasteiger partial charge >= 0.3 is 0 Å². The van der Waals surface area contributed by atoms with E-state index in [0.717, 1.165) is 5.56 Å². The Kier molecular flexibility index (Phi) is 3.85. The first kappa shape index (κ1) is 12.2. The SMILES string of the molecule is C[N+](C)(C)C(Cc1ccccc1)C(O)O. The Hall–Kier alpha value is -0.900. The van der Waals surface area contributed by atoms with Crippen LogP contribution in [0.2, 0.25) is 0 Å². The summed E-state index contributed by atoms with van der Waals surface area (Å²) in [4.78, 5) is 0. The fourth-order valence-electron chi connectivity index (χ4n) is 1.63. The van der Waals surface area contributed by atoms with Gasteiger partial charge in [0.05, 0.1) is 21.1 Å². The lowest BCUT2D eigenvalue weighted by molar-refractivity contribution is -0.903. The molecule has 3 nitrogen and oxygen atoms in total. The standard InChI is InChI=1S/C12H20NO2/c1-13(2,3)11(12(14)15)9-10-7-5-4-6-8-10/h4-8,11-12,14-15H,9H2,1-3H3/q+1.